The van der Waals surface area contributed by atoms with Gasteiger partial charge in [-0.25, -0.2) is 8.78 Å². The van der Waals surface area contributed by atoms with Gasteiger partial charge in [0.05, 0.1) is 0 Å². The Morgan fingerprint density at radius 1 is 1.05 bits per heavy atom. The minimum Gasteiger partial charge on any atom is -0.326 e. The van der Waals surface area contributed by atoms with Crippen LogP contribution in [0.5, 0.6) is 0 Å². The van der Waals surface area contributed by atoms with Gasteiger partial charge in [0, 0.05) is 18.2 Å². The highest BCUT2D eigenvalue weighted by Gasteiger charge is 2.06. The maximum Gasteiger partial charge on any atom is 0.224 e. The van der Waals surface area contributed by atoms with Gasteiger partial charge in [0.25, 0.3) is 0 Å². The average Bonchev–Trinajstić information content (AvgIpc) is 2.42. The molecule has 1 amide bonds. The fourth-order valence-corrected chi connectivity index (χ4v) is 1.81. The third-order valence-electron chi connectivity index (χ3n) is 2.96. The summed E-state index contributed by atoms with van der Waals surface area (Å²) in [6.07, 6.45) is 0.901. The maximum atomic E-state index is 13.0. The van der Waals surface area contributed by atoms with Crippen LogP contribution in [0.25, 0.3) is 0 Å². The van der Waals surface area contributed by atoms with E-state index in [4.69, 9.17) is 0 Å². The Morgan fingerprint density at radius 2 is 1.75 bits per heavy atom. The van der Waals surface area contributed by atoms with Crippen LogP contribution in [0.2, 0.25) is 0 Å². The van der Waals surface area contributed by atoms with Crippen LogP contribution in [0, 0.1) is 18.6 Å². The standard InChI is InChI=1S/C16H15F2NO/c1-11-2-4-12(5-3-11)6-9-16(20)19-13-7-8-14(17)15(18)10-13/h2-5,7-8,10H,6,9H2,1H3,(H,19,20). The number of halogens is 2. The van der Waals surface area contributed by atoms with E-state index >= 15 is 0 Å². The van der Waals surface area contributed by atoms with E-state index in [1.54, 1.807) is 0 Å². The lowest BCUT2D eigenvalue weighted by molar-refractivity contribution is -0.116. The zero-order chi connectivity index (χ0) is 14.5. The zero-order valence-electron chi connectivity index (χ0n) is 11.1. The molecule has 2 aromatic carbocycles. The van der Waals surface area contributed by atoms with Crippen molar-refractivity contribution >= 4 is 11.6 Å². The van der Waals surface area contributed by atoms with Crippen LogP contribution in [0.3, 0.4) is 0 Å². The fourth-order valence-electron chi connectivity index (χ4n) is 1.81. The van der Waals surface area contributed by atoms with Gasteiger partial charge in [0.2, 0.25) is 5.91 Å². The molecular formula is C16H15F2NO. The van der Waals surface area contributed by atoms with Gasteiger partial charge in [-0.3, -0.25) is 4.79 Å². The molecule has 0 saturated carbocycles. The van der Waals surface area contributed by atoms with Crippen LogP contribution in [-0.4, -0.2) is 5.91 Å². The molecule has 20 heavy (non-hydrogen) atoms. The molecule has 2 rings (SSSR count). The first-order chi connectivity index (χ1) is 9.54. The third kappa shape index (κ3) is 3.88. The zero-order valence-corrected chi connectivity index (χ0v) is 11.1. The van der Waals surface area contributed by atoms with Gasteiger partial charge < -0.3 is 5.32 Å². The third-order valence-corrected chi connectivity index (χ3v) is 2.96. The second kappa shape index (κ2) is 6.28. The van der Waals surface area contributed by atoms with Crippen molar-refractivity contribution in [1.82, 2.24) is 0 Å². The summed E-state index contributed by atoms with van der Waals surface area (Å²) in [6, 6.07) is 11.2. The summed E-state index contributed by atoms with van der Waals surface area (Å²) in [7, 11) is 0. The molecule has 104 valence electrons. The Morgan fingerprint density at radius 3 is 2.40 bits per heavy atom. The van der Waals surface area contributed by atoms with E-state index in [9.17, 15) is 13.6 Å². The Hall–Kier alpha value is -2.23. The number of hydrogen-bond donors (Lipinski definition) is 1. The summed E-state index contributed by atoms with van der Waals surface area (Å²) in [5.74, 6) is -2.12. The SMILES string of the molecule is Cc1ccc(CCC(=O)Nc2ccc(F)c(F)c2)cc1. The number of rotatable bonds is 4. The van der Waals surface area contributed by atoms with Gasteiger partial charge in [0.1, 0.15) is 0 Å². The van der Waals surface area contributed by atoms with E-state index in [0.29, 0.717) is 12.8 Å². The first kappa shape index (κ1) is 14.2. The molecule has 0 radical (unpaired) electrons. The average molecular weight is 275 g/mol. The largest absolute Gasteiger partial charge is 0.326 e. The van der Waals surface area contributed by atoms with Crippen molar-refractivity contribution < 1.29 is 13.6 Å². The van der Waals surface area contributed by atoms with Gasteiger partial charge in [-0.2, -0.15) is 0 Å². The monoisotopic (exact) mass is 275 g/mol. The van der Waals surface area contributed by atoms with Crippen molar-refractivity contribution in [1.29, 1.82) is 0 Å². The van der Waals surface area contributed by atoms with E-state index in [1.807, 2.05) is 31.2 Å². The number of benzene rings is 2. The molecule has 0 heterocycles. The molecule has 0 aliphatic heterocycles. The predicted octanol–water partition coefficient (Wildman–Crippen LogP) is 3.84. The molecule has 0 bridgehead atoms. The number of aryl methyl sites for hydroxylation is 2. The van der Waals surface area contributed by atoms with E-state index in [1.165, 1.54) is 11.6 Å². The van der Waals surface area contributed by atoms with Crippen molar-refractivity contribution in [2.24, 2.45) is 0 Å². The van der Waals surface area contributed by atoms with Gasteiger partial charge in [0.15, 0.2) is 11.6 Å². The fraction of sp³-hybridized carbons (Fsp3) is 0.188. The number of hydrogen-bond acceptors (Lipinski definition) is 1. The number of carbonyl (C=O) groups is 1. The molecule has 0 unspecified atom stereocenters. The molecule has 4 heteroatoms. The normalized spacial score (nSPS) is 10.3. The summed E-state index contributed by atoms with van der Waals surface area (Å²) >= 11 is 0. The van der Waals surface area contributed by atoms with Gasteiger partial charge in [-0.05, 0) is 31.0 Å². The van der Waals surface area contributed by atoms with Crippen LogP contribution in [0.4, 0.5) is 14.5 Å². The lowest BCUT2D eigenvalue weighted by atomic mass is 10.1. The first-order valence-corrected chi connectivity index (χ1v) is 6.35. The van der Waals surface area contributed by atoms with Gasteiger partial charge in [-0.15, -0.1) is 0 Å². The summed E-state index contributed by atoms with van der Waals surface area (Å²) < 4.78 is 25.7. The van der Waals surface area contributed by atoms with Crippen molar-refractivity contribution in [2.45, 2.75) is 19.8 Å². The molecule has 0 aliphatic rings. The summed E-state index contributed by atoms with van der Waals surface area (Å²) in [5.41, 5.74) is 2.49. The van der Waals surface area contributed by atoms with Crippen molar-refractivity contribution in [3.8, 4) is 0 Å². The second-order valence-electron chi connectivity index (χ2n) is 4.66. The number of anilines is 1. The molecule has 0 spiro atoms. The Labute approximate surface area is 116 Å². The number of amides is 1. The highest BCUT2D eigenvalue weighted by atomic mass is 19.2. The first-order valence-electron chi connectivity index (χ1n) is 6.35. The van der Waals surface area contributed by atoms with E-state index in [0.717, 1.165) is 17.7 Å². The van der Waals surface area contributed by atoms with E-state index in [2.05, 4.69) is 5.32 Å². The molecule has 1 N–H and O–H groups in total. The molecule has 0 atom stereocenters. The summed E-state index contributed by atoms with van der Waals surface area (Å²) in [5, 5.41) is 2.55. The Bertz CT molecular complexity index is 608. The Kier molecular flexibility index (Phi) is 4.45. The predicted molar refractivity (Wildman–Crippen MR) is 74.5 cm³/mol. The van der Waals surface area contributed by atoms with Crippen LogP contribution < -0.4 is 5.32 Å². The molecule has 0 saturated heterocycles. The summed E-state index contributed by atoms with van der Waals surface area (Å²) in [6.45, 7) is 2.00. The molecule has 0 aromatic heterocycles. The summed E-state index contributed by atoms with van der Waals surface area (Å²) in [4.78, 5) is 11.7. The molecule has 0 fully saturated rings. The Balaban J connectivity index is 1.89. The van der Waals surface area contributed by atoms with Crippen LogP contribution >= 0.6 is 0 Å². The maximum absolute atomic E-state index is 13.0. The van der Waals surface area contributed by atoms with Crippen LogP contribution in [0.15, 0.2) is 42.5 Å². The van der Waals surface area contributed by atoms with Crippen LogP contribution in [0.1, 0.15) is 17.5 Å². The lowest BCUT2D eigenvalue weighted by Gasteiger charge is -2.06. The topological polar surface area (TPSA) is 29.1 Å². The molecule has 2 aromatic rings. The van der Waals surface area contributed by atoms with Crippen molar-refractivity contribution in [2.75, 3.05) is 5.32 Å². The lowest BCUT2D eigenvalue weighted by Crippen LogP contribution is -2.12. The van der Waals surface area contributed by atoms with Crippen LogP contribution in [-0.2, 0) is 11.2 Å². The molecule has 0 aliphatic carbocycles. The number of carbonyl (C=O) groups excluding carboxylic acids is 1. The van der Waals surface area contributed by atoms with E-state index in [-0.39, 0.29) is 11.6 Å². The highest BCUT2D eigenvalue weighted by Crippen LogP contribution is 2.14. The minimum absolute atomic E-state index is 0.225. The van der Waals surface area contributed by atoms with Gasteiger partial charge in [-0.1, -0.05) is 29.8 Å². The van der Waals surface area contributed by atoms with Gasteiger partial charge >= 0.3 is 0 Å². The second-order valence-corrected chi connectivity index (χ2v) is 4.66. The van der Waals surface area contributed by atoms with Crippen molar-refractivity contribution in [3.63, 3.8) is 0 Å². The minimum atomic E-state index is -0.971. The molecular weight excluding hydrogens is 260 g/mol. The highest BCUT2D eigenvalue weighted by molar-refractivity contribution is 5.90. The number of nitrogens with one attached hydrogen (secondary N) is 1. The van der Waals surface area contributed by atoms with Crippen molar-refractivity contribution in [3.05, 3.63) is 65.2 Å². The van der Waals surface area contributed by atoms with E-state index < -0.39 is 11.6 Å². The quantitative estimate of drug-likeness (QED) is 0.902. The smallest absolute Gasteiger partial charge is 0.224 e. The molecule has 2 nitrogen and oxygen atoms in total.